The van der Waals surface area contributed by atoms with Crippen molar-refractivity contribution in [2.75, 3.05) is 0 Å². The van der Waals surface area contributed by atoms with Crippen LogP contribution in [0.5, 0.6) is 5.75 Å². The third-order valence-corrected chi connectivity index (χ3v) is 2.75. The van der Waals surface area contributed by atoms with E-state index in [-0.39, 0.29) is 6.61 Å². The number of aryl methyl sites for hydroxylation is 2. The molecule has 0 unspecified atom stereocenters. The third kappa shape index (κ3) is 2.90. The Morgan fingerprint density at radius 1 is 1.33 bits per heavy atom. The molecule has 4 nitrogen and oxygen atoms in total. The second-order valence-electron chi connectivity index (χ2n) is 4.19. The van der Waals surface area contributed by atoms with Gasteiger partial charge in [-0.25, -0.2) is 0 Å². The van der Waals surface area contributed by atoms with Gasteiger partial charge in [-0.3, -0.25) is 4.68 Å². The Balaban J connectivity index is 2.06. The lowest BCUT2D eigenvalue weighted by molar-refractivity contribution is 0.275. The molecule has 0 aliphatic carbocycles. The standard InChI is InChI=1S/C14H18N2O2/c1-3-16-13(7-11(2)15-16)10-18-14-6-4-5-12(8-14)9-17/h4-8,17H,3,9-10H2,1-2H3. The molecule has 1 N–H and O–H groups in total. The summed E-state index contributed by atoms with van der Waals surface area (Å²) in [6, 6.07) is 9.51. The summed E-state index contributed by atoms with van der Waals surface area (Å²) >= 11 is 0. The molecule has 0 radical (unpaired) electrons. The zero-order valence-electron chi connectivity index (χ0n) is 10.8. The van der Waals surface area contributed by atoms with Crippen LogP contribution in [0.4, 0.5) is 0 Å². The Labute approximate surface area is 107 Å². The van der Waals surface area contributed by atoms with E-state index in [0.29, 0.717) is 6.61 Å². The average molecular weight is 246 g/mol. The molecule has 1 aromatic carbocycles. The van der Waals surface area contributed by atoms with Crippen LogP contribution in [0.15, 0.2) is 30.3 Å². The minimum absolute atomic E-state index is 0.0310. The maximum Gasteiger partial charge on any atom is 0.130 e. The highest BCUT2D eigenvalue weighted by atomic mass is 16.5. The molecule has 0 aliphatic heterocycles. The fourth-order valence-electron chi connectivity index (χ4n) is 1.88. The van der Waals surface area contributed by atoms with E-state index >= 15 is 0 Å². The maximum absolute atomic E-state index is 9.06. The Bertz CT molecular complexity index is 520. The second-order valence-corrected chi connectivity index (χ2v) is 4.19. The number of nitrogens with zero attached hydrogens (tertiary/aromatic N) is 2. The number of hydrogen-bond acceptors (Lipinski definition) is 3. The van der Waals surface area contributed by atoms with E-state index in [0.717, 1.165) is 29.2 Å². The highest BCUT2D eigenvalue weighted by Gasteiger charge is 2.05. The van der Waals surface area contributed by atoms with E-state index in [9.17, 15) is 0 Å². The van der Waals surface area contributed by atoms with Gasteiger partial charge in [-0.2, -0.15) is 5.10 Å². The van der Waals surface area contributed by atoms with Crippen molar-refractivity contribution in [1.82, 2.24) is 9.78 Å². The summed E-state index contributed by atoms with van der Waals surface area (Å²) in [5.41, 5.74) is 2.91. The van der Waals surface area contributed by atoms with Gasteiger partial charge < -0.3 is 9.84 Å². The van der Waals surface area contributed by atoms with Gasteiger partial charge in [-0.15, -0.1) is 0 Å². The van der Waals surface area contributed by atoms with Crippen molar-refractivity contribution < 1.29 is 9.84 Å². The van der Waals surface area contributed by atoms with Crippen molar-refractivity contribution in [3.63, 3.8) is 0 Å². The molecule has 0 saturated carbocycles. The molecule has 18 heavy (non-hydrogen) atoms. The summed E-state index contributed by atoms with van der Waals surface area (Å²) in [4.78, 5) is 0. The zero-order valence-corrected chi connectivity index (χ0v) is 10.8. The fourth-order valence-corrected chi connectivity index (χ4v) is 1.88. The van der Waals surface area contributed by atoms with Crippen molar-refractivity contribution in [2.24, 2.45) is 0 Å². The zero-order chi connectivity index (χ0) is 13.0. The predicted octanol–water partition coefficient (Wildman–Crippen LogP) is 2.28. The number of rotatable bonds is 5. The number of aliphatic hydroxyl groups is 1. The smallest absolute Gasteiger partial charge is 0.130 e. The van der Waals surface area contributed by atoms with Crippen LogP contribution < -0.4 is 4.74 Å². The molecular formula is C14H18N2O2. The Hall–Kier alpha value is -1.81. The molecule has 2 rings (SSSR count). The molecule has 1 aromatic heterocycles. The first-order chi connectivity index (χ1) is 8.72. The first kappa shape index (κ1) is 12.6. The van der Waals surface area contributed by atoms with Crippen molar-refractivity contribution in [1.29, 1.82) is 0 Å². The van der Waals surface area contributed by atoms with Crippen LogP contribution in [0, 0.1) is 6.92 Å². The highest BCUT2D eigenvalue weighted by Crippen LogP contribution is 2.15. The van der Waals surface area contributed by atoms with Gasteiger partial charge in [0.05, 0.1) is 18.0 Å². The summed E-state index contributed by atoms with van der Waals surface area (Å²) < 4.78 is 7.65. The number of hydrogen-bond donors (Lipinski definition) is 1. The number of aromatic nitrogens is 2. The molecule has 0 fully saturated rings. The van der Waals surface area contributed by atoms with Gasteiger partial charge in [0.1, 0.15) is 12.4 Å². The van der Waals surface area contributed by atoms with Gasteiger partial charge in [0.25, 0.3) is 0 Å². The minimum atomic E-state index is 0.0310. The SMILES string of the molecule is CCn1nc(C)cc1COc1cccc(CO)c1. The summed E-state index contributed by atoms with van der Waals surface area (Å²) in [6.07, 6.45) is 0. The lowest BCUT2D eigenvalue weighted by Crippen LogP contribution is -2.06. The first-order valence-corrected chi connectivity index (χ1v) is 6.09. The van der Waals surface area contributed by atoms with Crippen LogP contribution >= 0.6 is 0 Å². The first-order valence-electron chi connectivity index (χ1n) is 6.09. The Morgan fingerprint density at radius 2 is 2.17 bits per heavy atom. The monoisotopic (exact) mass is 246 g/mol. The van der Waals surface area contributed by atoms with E-state index < -0.39 is 0 Å². The molecule has 0 saturated heterocycles. The van der Waals surface area contributed by atoms with E-state index in [1.807, 2.05) is 41.9 Å². The van der Waals surface area contributed by atoms with Gasteiger partial charge >= 0.3 is 0 Å². The van der Waals surface area contributed by atoms with E-state index in [4.69, 9.17) is 9.84 Å². The predicted molar refractivity (Wildman–Crippen MR) is 69.3 cm³/mol. The molecule has 2 aromatic rings. The molecule has 0 spiro atoms. The van der Waals surface area contributed by atoms with Crippen LogP contribution in [-0.2, 0) is 19.8 Å². The number of benzene rings is 1. The lowest BCUT2D eigenvalue weighted by Gasteiger charge is -2.08. The molecule has 0 aliphatic rings. The topological polar surface area (TPSA) is 47.3 Å². The minimum Gasteiger partial charge on any atom is -0.487 e. The van der Waals surface area contributed by atoms with Crippen LogP contribution in [0.2, 0.25) is 0 Å². The second kappa shape index (κ2) is 5.69. The van der Waals surface area contributed by atoms with Gasteiger partial charge in [0, 0.05) is 6.54 Å². The molecule has 0 atom stereocenters. The summed E-state index contributed by atoms with van der Waals surface area (Å²) in [7, 11) is 0. The Kier molecular flexibility index (Phi) is 3.99. The quantitative estimate of drug-likeness (QED) is 0.880. The van der Waals surface area contributed by atoms with Gasteiger partial charge in [-0.1, -0.05) is 12.1 Å². The number of ether oxygens (including phenoxy) is 1. The van der Waals surface area contributed by atoms with Crippen LogP contribution in [0.1, 0.15) is 23.9 Å². The van der Waals surface area contributed by atoms with Crippen molar-refractivity contribution in [2.45, 2.75) is 33.6 Å². The molecular weight excluding hydrogens is 228 g/mol. The van der Waals surface area contributed by atoms with Gasteiger partial charge in [0.2, 0.25) is 0 Å². The van der Waals surface area contributed by atoms with Gasteiger partial charge in [0.15, 0.2) is 0 Å². The third-order valence-electron chi connectivity index (χ3n) is 2.75. The largest absolute Gasteiger partial charge is 0.487 e. The molecule has 0 amide bonds. The molecule has 4 heteroatoms. The van der Waals surface area contributed by atoms with Crippen molar-refractivity contribution >= 4 is 0 Å². The van der Waals surface area contributed by atoms with Crippen molar-refractivity contribution in [3.05, 3.63) is 47.3 Å². The average Bonchev–Trinajstić information content (AvgIpc) is 2.77. The fraction of sp³-hybridized carbons (Fsp3) is 0.357. The number of aliphatic hydroxyl groups excluding tert-OH is 1. The van der Waals surface area contributed by atoms with E-state index in [2.05, 4.69) is 12.0 Å². The molecule has 0 bridgehead atoms. The van der Waals surface area contributed by atoms with E-state index in [1.165, 1.54) is 0 Å². The highest BCUT2D eigenvalue weighted by molar-refractivity contribution is 5.28. The van der Waals surface area contributed by atoms with Crippen LogP contribution in [0.25, 0.3) is 0 Å². The normalized spacial score (nSPS) is 10.6. The lowest BCUT2D eigenvalue weighted by atomic mass is 10.2. The van der Waals surface area contributed by atoms with Crippen molar-refractivity contribution in [3.8, 4) is 5.75 Å². The maximum atomic E-state index is 9.06. The summed E-state index contributed by atoms with van der Waals surface area (Å²) in [5.74, 6) is 0.767. The molecule has 1 heterocycles. The van der Waals surface area contributed by atoms with Crippen LogP contribution in [-0.4, -0.2) is 14.9 Å². The Morgan fingerprint density at radius 3 is 2.89 bits per heavy atom. The summed E-state index contributed by atoms with van der Waals surface area (Å²) in [5, 5.41) is 13.4. The van der Waals surface area contributed by atoms with Gasteiger partial charge in [-0.05, 0) is 37.6 Å². The van der Waals surface area contributed by atoms with E-state index in [1.54, 1.807) is 0 Å². The molecule has 96 valence electrons. The summed E-state index contributed by atoms with van der Waals surface area (Å²) in [6.45, 7) is 5.39. The van der Waals surface area contributed by atoms with Crippen LogP contribution in [0.3, 0.4) is 0 Å².